The molecule has 0 bridgehead atoms. The molecule has 0 fully saturated rings. The summed E-state index contributed by atoms with van der Waals surface area (Å²) < 4.78 is 1.95. The van der Waals surface area contributed by atoms with Crippen LogP contribution in [0.2, 0.25) is 0 Å². The molecule has 2 aromatic heterocycles. The molecule has 0 aliphatic rings. The number of aromatic nitrogens is 2. The van der Waals surface area contributed by atoms with Crippen molar-refractivity contribution in [1.29, 1.82) is 0 Å². The molecule has 0 saturated carbocycles. The maximum atomic E-state index is 12.2. The van der Waals surface area contributed by atoms with Gasteiger partial charge in [-0.1, -0.05) is 42.5 Å². The van der Waals surface area contributed by atoms with Crippen molar-refractivity contribution in [3.63, 3.8) is 0 Å². The Kier molecular flexibility index (Phi) is 2.27. The highest BCUT2D eigenvalue weighted by Gasteiger charge is 2.08. The molecule has 0 radical (unpaired) electrons. The quantitative estimate of drug-likeness (QED) is 0.559. The van der Waals surface area contributed by atoms with Gasteiger partial charge in [-0.3, -0.25) is 4.79 Å². The first-order valence-electron chi connectivity index (χ1n) is 6.51. The second-order valence-electron chi connectivity index (χ2n) is 4.82. The molecule has 2 heterocycles. The van der Waals surface area contributed by atoms with E-state index >= 15 is 0 Å². The molecule has 0 amide bonds. The van der Waals surface area contributed by atoms with E-state index in [9.17, 15) is 4.79 Å². The van der Waals surface area contributed by atoms with E-state index in [1.807, 2.05) is 71.3 Å². The number of hydrogen-bond donors (Lipinski definition) is 1. The number of nitrogens with zero attached hydrogens (tertiary/aromatic N) is 1. The lowest BCUT2D eigenvalue weighted by Crippen LogP contribution is -2.09. The van der Waals surface area contributed by atoms with Gasteiger partial charge in [0, 0.05) is 11.8 Å². The summed E-state index contributed by atoms with van der Waals surface area (Å²) in [5, 5.41) is 0. The van der Waals surface area contributed by atoms with E-state index in [4.69, 9.17) is 0 Å². The lowest BCUT2D eigenvalue weighted by Gasteiger charge is -2.01. The first kappa shape index (κ1) is 11.1. The Morgan fingerprint density at radius 2 is 1.55 bits per heavy atom. The smallest absolute Gasteiger partial charge is 0.272 e. The average molecular weight is 260 g/mol. The van der Waals surface area contributed by atoms with Gasteiger partial charge in [0.1, 0.15) is 5.52 Å². The molecule has 20 heavy (non-hydrogen) atoms. The summed E-state index contributed by atoms with van der Waals surface area (Å²) in [6.45, 7) is 0. The van der Waals surface area contributed by atoms with Gasteiger partial charge in [0.25, 0.3) is 5.56 Å². The van der Waals surface area contributed by atoms with E-state index < -0.39 is 0 Å². The molecule has 4 rings (SSSR count). The zero-order valence-electron chi connectivity index (χ0n) is 10.7. The lowest BCUT2D eigenvalue weighted by atomic mass is 10.1. The molecule has 0 unspecified atom stereocenters. The van der Waals surface area contributed by atoms with E-state index in [0.717, 1.165) is 22.2 Å². The minimum absolute atomic E-state index is 0.0640. The zero-order valence-corrected chi connectivity index (χ0v) is 10.7. The topological polar surface area (TPSA) is 37.3 Å². The molecule has 96 valence electrons. The van der Waals surface area contributed by atoms with Gasteiger partial charge in [0.05, 0.1) is 11.0 Å². The Morgan fingerprint density at radius 3 is 2.40 bits per heavy atom. The summed E-state index contributed by atoms with van der Waals surface area (Å²) in [6, 6.07) is 19.8. The molecule has 2 aromatic carbocycles. The summed E-state index contributed by atoms with van der Waals surface area (Å²) in [6.07, 6.45) is 2.02. The fourth-order valence-corrected chi connectivity index (χ4v) is 2.60. The molecule has 3 heteroatoms. The second kappa shape index (κ2) is 4.10. The van der Waals surface area contributed by atoms with E-state index in [1.54, 1.807) is 0 Å². The zero-order chi connectivity index (χ0) is 13.5. The Labute approximate surface area is 115 Å². The SMILES string of the molecule is O=c1[nH]c2ccccc2n2cc(-c3ccccc3)cc12. The number of rotatable bonds is 1. The van der Waals surface area contributed by atoms with Crippen LogP contribution in [0.3, 0.4) is 0 Å². The summed E-state index contributed by atoms with van der Waals surface area (Å²) in [4.78, 5) is 15.1. The number of benzene rings is 2. The predicted octanol–water partition coefficient (Wildman–Crippen LogP) is 3.45. The third-order valence-corrected chi connectivity index (χ3v) is 3.57. The number of aromatic amines is 1. The molecule has 4 aromatic rings. The normalized spacial score (nSPS) is 11.2. The van der Waals surface area contributed by atoms with E-state index in [1.165, 1.54) is 0 Å². The number of fused-ring (bicyclic) bond motifs is 3. The standard InChI is InChI=1S/C17H12N2O/c20-17-16-10-13(12-6-2-1-3-7-12)11-19(16)15-9-5-4-8-14(15)18-17/h1-11H,(H,18,20). The Morgan fingerprint density at radius 1 is 0.800 bits per heavy atom. The van der Waals surface area contributed by atoms with Crippen LogP contribution in [0.25, 0.3) is 27.7 Å². The van der Waals surface area contributed by atoms with Crippen LogP contribution in [-0.2, 0) is 0 Å². The van der Waals surface area contributed by atoms with Crippen molar-refractivity contribution in [3.8, 4) is 11.1 Å². The van der Waals surface area contributed by atoms with Crippen molar-refractivity contribution in [2.24, 2.45) is 0 Å². The highest BCUT2D eigenvalue weighted by Crippen LogP contribution is 2.23. The summed E-state index contributed by atoms with van der Waals surface area (Å²) in [5.41, 5.74) is 4.62. The van der Waals surface area contributed by atoms with Crippen LogP contribution < -0.4 is 5.56 Å². The first-order chi connectivity index (χ1) is 9.83. The van der Waals surface area contributed by atoms with Crippen LogP contribution in [0, 0.1) is 0 Å². The average Bonchev–Trinajstić information content (AvgIpc) is 2.94. The number of nitrogens with one attached hydrogen (secondary N) is 1. The fraction of sp³-hybridized carbons (Fsp3) is 0. The minimum atomic E-state index is -0.0640. The monoisotopic (exact) mass is 260 g/mol. The Bertz CT molecular complexity index is 965. The minimum Gasteiger partial charge on any atom is -0.319 e. The maximum Gasteiger partial charge on any atom is 0.272 e. The molecule has 1 N–H and O–H groups in total. The number of H-pyrrole nitrogens is 1. The molecule has 3 nitrogen and oxygen atoms in total. The molecular weight excluding hydrogens is 248 g/mol. The van der Waals surface area contributed by atoms with Crippen LogP contribution in [0.5, 0.6) is 0 Å². The van der Waals surface area contributed by atoms with Crippen molar-refractivity contribution < 1.29 is 0 Å². The van der Waals surface area contributed by atoms with Crippen molar-refractivity contribution in [1.82, 2.24) is 9.38 Å². The van der Waals surface area contributed by atoms with Crippen LogP contribution in [0.1, 0.15) is 0 Å². The Balaban J connectivity index is 2.11. The van der Waals surface area contributed by atoms with Crippen molar-refractivity contribution >= 4 is 16.6 Å². The predicted molar refractivity (Wildman–Crippen MR) is 81.0 cm³/mol. The molecule has 0 aliphatic heterocycles. The van der Waals surface area contributed by atoms with E-state index in [0.29, 0.717) is 5.52 Å². The molecular formula is C17H12N2O. The molecule has 0 aliphatic carbocycles. The Hall–Kier alpha value is -2.81. The van der Waals surface area contributed by atoms with Crippen LogP contribution in [0.15, 0.2) is 71.7 Å². The fourth-order valence-electron chi connectivity index (χ4n) is 2.60. The third kappa shape index (κ3) is 1.57. The van der Waals surface area contributed by atoms with Crippen LogP contribution in [0.4, 0.5) is 0 Å². The summed E-state index contributed by atoms with van der Waals surface area (Å²) >= 11 is 0. The summed E-state index contributed by atoms with van der Waals surface area (Å²) in [7, 11) is 0. The van der Waals surface area contributed by atoms with Crippen molar-refractivity contribution in [2.45, 2.75) is 0 Å². The van der Waals surface area contributed by atoms with Gasteiger partial charge in [-0.05, 0) is 23.8 Å². The van der Waals surface area contributed by atoms with Gasteiger partial charge in [-0.15, -0.1) is 0 Å². The number of hydrogen-bond acceptors (Lipinski definition) is 1. The van der Waals surface area contributed by atoms with Gasteiger partial charge >= 0.3 is 0 Å². The highest BCUT2D eigenvalue weighted by molar-refractivity contribution is 5.81. The van der Waals surface area contributed by atoms with Gasteiger partial charge in [-0.25, -0.2) is 0 Å². The number of para-hydroxylation sites is 2. The molecule has 0 atom stereocenters. The molecule has 0 saturated heterocycles. The van der Waals surface area contributed by atoms with Crippen molar-refractivity contribution in [2.75, 3.05) is 0 Å². The maximum absolute atomic E-state index is 12.2. The van der Waals surface area contributed by atoms with Gasteiger partial charge in [0.2, 0.25) is 0 Å². The van der Waals surface area contributed by atoms with Gasteiger partial charge < -0.3 is 9.38 Å². The third-order valence-electron chi connectivity index (χ3n) is 3.57. The van der Waals surface area contributed by atoms with Crippen LogP contribution >= 0.6 is 0 Å². The highest BCUT2D eigenvalue weighted by atomic mass is 16.1. The van der Waals surface area contributed by atoms with Crippen molar-refractivity contribution in [3.05, 3.63) is 77.2 Å². The lowest BCUT2D eigenvalue weighted by molar-refractivity contribution is 1.19. The molecule has 0 spiro atoms. The summed E-state index contributed by atoms with van der Waals surface area (Å²) in [5.74, 6) is 0. The van der Waals surface area contributed by atoms with E-state index in [2.05, 4.69) is 4.98 Å². The van der Waals surface area contributed by atoms with E-state index in [-0.39, 0.29) is 5.56 Å². The first-order valence-corrected chi connectivity index (χ1v) is 6.51. The second-order valence-corrected chi connectivity index (χ2v) is 4.82. The van der Waals surface area contributed by atoms with Crippen LogP contribution in [-0.4, -0.2) is 9.38 Å². The van der Waals surface area contributed by atoms with Gasteiger partial charge in [0.15, 0.2) is 0 Å². The van der Waals surface area contributed by atoms with Gasteiger partial charge in [-0.2, -0.15) is 0 Å². The largest absolute Gasteiger partial charge is 0.319 e.